The zero-order valence-electron chi connectivity index (χ0n) is 10.8. The molecule has 2 heteroatoms. The Hall–Kier alpha value is -1.57. The van der Waals surface area contributed by atoms with Gasteiger partial charge >= 0.3 is 5.97 Å². The number of aryl methyl sites for hydroxylation is 2. The van der Waals surface area contributed by atoms with E-state index < -0.39 is 0 Å². The van der Waals surface area contributed by atoms with Gasteiger partial charge in [-0.2, -0.15) is 0 Å². The SMILES string of the molecule is C=CCCc1cc(C(C)C(=O)OC)ccc1C. The Morgan fingerprint density at radius 3 is 2.82 bits per heavy atom. The lowest BCUT2D eigenvalue weighted by molar-refractivity contribution is -0.141. The minimum absolute atomic E-state index is 0.191. The van der Waals surface area contributed by atoms with Gasteiger partial charge in [0.2, 0.25) is 0 Å². The van der Waals surface area contributed by atoms with E-state index in [-0.39, 0.29) is 11.9 Å². The van der Waals surface area contributed by atoms with Crippen molar-refractivity contribution >= 4 is 5.97 Å². The predicted molar refractivity (Wildman–Crippen MR) is 70.1 cm³/mol. The molecule has 1 aromatic carbocycles. The number of methoxy groups -OCH3 is 1. The summed E-state index contributed by atoms with van der Waals surface area (Å²) in [6, 6.07) is 6.15. The number of hydrogen-bond donors (Lipinski definition) is 0. The average molecular weight is 232 g/mol. The first-order valence-electron chi connectivity index (χ1n) is 5.88. The molecule has 0 fully saturated rings. The fourth-order valence-electron chi connectivity index (χ4n) is 1.80. The highest BCUT2D eigenvalue weighted by Crippen LogP contribution is 2.21. The van der Waals surface area contributed by atoms with E-state index in [9.17, 15) is 4.79 Å². The molecule has 0 saturated carbocycles. The van der Waals surface area contributed by atoms with E-state index in [2.05, 4.69) is 25.6 Å². The van der Waals surface area contributed by atoms with Gasteiger partial charge in [0.1, 0.15) is 0 Å². The molecule has 0 saturated heterocycles. The van der Waals surface area contributed by atoms with E-state index in [1.54, 1.807) is 0 Å². The van der Waals surface area contributed by atoms with Gasteiger partial charge in [-0.05, 0) is 43.4 Å². The fraction of sp³-hybridized carbons (Fsp3) is 0.400. The van der Waals surface area contributed by atoms with Crippen LogP contribution in [-0.2, 0) is 16.0 Å². The Morgan fingerprint density at radius 2 is 2.24 bits per heavy atom. The third kappa shape index (κ3) is 3.45. The number of benzene rings is 1. The van der Waals surface area contributed by atoms with Crippen molar-refractivity contribution in [1.29, 1.82) is 0 Å². The van der Waals surface area contributed by atoms with E-state index in [1.807, 2.05) is 19.1 Å². The van der Waals surface area contributed by atoms with Crippen molar-refractivity contribution in [3.8, 4) is 0 Å². The molecular formula is C15H20O2. The molecule has 0 radical (unpaired) electrons. The summed E-state index contributed by atoms with van der Waals surface area (Å²) < 4.78 is 4.76. The van der Waals surface area contributed by atoms with Crippen LogP contribution in [-0.4, -0.2) is 13.1 Å². The largest absolute Gasteiger partial charge is 0.469 e. The van der Waals surface area contributed by atoms with Crippen LogP contribution in [0.4, 0.5) is 0 Å². The van der Waals surface area contributed by atoms with Crippen molar-refractivity contribution in [2.45, 2.75) is 32.6 Å². The van der Waals surface area contributed by atoms with Crippen molar-refractivity contribution < 1.29 is 9.53 Å². The van der Waals surface area contributed by atoms with Gasteiger partial charge in [0.25, 0.3) is 0 Å². The summed E-state index contributed by atoms with van der Waals surface area (Å²) in [5, 5.41) is 0. The third-order valence-electron chi connectivity index (χ3n) is 3.05. The number of esters is 1. The summed E-state index contributed by atoms with van der Waals surface area (Å²) in [6.45, 7) is 7.69. The second kappa shape index (κ2) is 6.24. The maximum atomic E-state index is 11.5. The van der Waals surface area contributed by atoms with Crippen molar-refractivity contribution in [2.75, 3.05) is 7.11 Å². The lowest BCUT2D eigenvalue weighted by atomic mass is 9.94. The van der Waals surface area contributed by atoms with Crippen molar-refractivity contribution in [3.05, 3.63) is 47.5 Å². The number of carbonyl (C=O) groups excluding carboxylic acids is 1. The van der Waals surface area contributed by atoms with Gasteiger partial charge < -0.3 is 4.74 Å². The number of rotatable bonds is 5. The molecule has 17 heavy (non-hydrogen) atoms. The second-order valence-electron chi connectivity index (χ2n) is 4.26. The van der Waals surface area contributed by atoms with E-state index in [0.717, 1.165) is 18.4 Å². The van der Waals surface area contributed by atoms with Crippen LogP contribution in [0.25, 0.3) is 0 Å². The lowest BCUT2D eigenvalue weighted by Gasteiger charge is -2.12. The minimum atomic E-state index is -0.205. The van der Waals surface area contributed by atoms with Crippen LogP contribution in [0.1, 0.15) is 36.0 Å². The fourth-order valence-corrected chi connectivity index (χ4v) is 1.80. The summed E-state index contributed by atoms with van der Waals surface area (Å²) in [6.07, 6.45) is 3.84. The Bertz CT molecular complexity index is 407. The zero-order valence-corrected chi connectivity index (χ0v) is 10.8. The molecule has 0 aliphatic heterocycles. The minimum Gasteiger partial charge on any atom is -0.469 e. The van der Waals surface area contributed by atoms with Gasteiger partial charge in [0.05, 0.1) is 13.0 Å². The van der Waals surface area contributed by atoms with Crippen molar-refractivity contribution in [2.24, 2.45) is 0 Å². The highest BCUT2D eigenvalue weighted by atomic mass is 16.5. The molecule has 2 nitrogen and oxygen atoms in total. The summed E-state index contributed by atoms with van der Waals surface area (Å²) in [7, 11) is 1.42. The van der Waals surface area contributed by atoms with E-state index >= 15 is 0 Å². The molecule has 0 amide bonds. The molecular weight excluding hydrogens is 212 g/mol. The van der Waals surface area contributed by atoms with Crippen LogP contribution in [0.2, 0.25) is 0 Å². The third-order valence-corrected chi connectivity index (χ3v) is 3.05. The first-order chi connectivity index (χ1) is 8.10. The molecule has 0 aliphatic carbocycles. The number of allylic oxidation sites excluding steroid dienone is 1. The van der Waals surface area contributed by atoms with Crippen LogP contribution in [0.3, 0.4) is 0 Å². The summed E-state index contributed by atoms with van der Waals surface area (Å²) in [4.78, 5) is 11.5. The van der Waals surface area contributed by atoms with Gasteiger partial charge in [-0.1, -0.05) is 24.3 Å². The monoisotopic (exact) mass is 232 g/mol. The van der Waals surface area contributed by atoms with Crippen molar-refractivity contribution in [3.63, 3.8) is 0 Å². The highest BCUT2D eigenvalue weighted by molar-refractivity contribution is 5.77. The molecule has 0 bridgehead atoms. The standard InChI is InChI=1S/C15H20O2/c1-5-6-7-13-10-14(9-8-11(13)2)12(3)15(16)17-4/h5,8-10,12H,1,6-7H2,2-4H3. The van der Waals surface area contributed by atoms with Gasteiger partial charge in [-0.15, -0.1) is 6.58 Å². The van der Waals surface area contributed by atoms with Gasteiger partial charge in [-0.3, -0.25) is 4.79 Å². The maximum absolute atomic E-state index is 11.5. The molecule has 0 aromatic heterocycles. The van der Waals surface area contributed by atoms with Crippen LogP contribution in [0.15, 0.2) is 30.9 Å². The number of hydrogen-bond acceptors (Lipinski definition) is 2. The first-order valence-corrected chi connectivity index (χ1v) is 5.88. The molecule has 1 atom stereocenters. The molecule has 1 unspecified atom stereocenters. The van der Waals surface area contributed by atoms with Crippen molar-refractivity contribution in [1.82, 2.24) is 0 Å². The normalized spacial score (nSPS) is 11.9. The quantitative estimate of drug-likeness (QED) is 0.574. The molecule has 0 aliphatic rings. The van der Waals surface area contributed by atoms with Gasteiger partial charge in [0.15, 0.2) is 0 Å². The first kappa shape index (κ1) is 13.5. The smallest absolute Gasteiger partial charge is 0.312 e. The molecule has 0 heterocycles. The molecule has 1 aromatic rings. The maximum Gasteiger partial charge on any atom is 0.312 e. The predicted octanol–water partition coefficient (Wildman–Crippen LogP) is 3.39. The van der Waals surface area contributed by atoms with E-state index in [1.165, 1.54) is 18.2 Å². The van der Waals surface area contributed by atoms with E-state index in [4.69, 9.17) is 4.74 Å². The van der Waals surface area contributed by atoms with Crippen LogP contribution in [0, 0.1) is 6.92 Å². The topological polar surface area (TPSA) is 26.3 Å². The van der Waals surface area contributed by atoms with E-state index in [0.29, 0.717) is 0 Å². The lowest BCUT2D eigenvalue weighted by Crippen LogP contribution is -2.11. The molecule has 92 valence electrons. The Labute approximate surface area is 103 Å². The molecule has 1 rings (SSSR count). The average Bonchev–Trinajstić information content (AvgIpc) is 2.36. The zero-order chi connectivity index (χ0) is 12.8. The molecule has 0 N–H and O–H groups in total. The van der Waals surface area contributed by atoms with Gasteiger partial charge in [-0.25, -0.2) is 0 Å². The molecule has 0 spiro atoms. The van der Waals surface area contributed by atoms with Crippen LogP contribution >= 0.6 is 0 Å². The highest BCUT2D eigenvalue weighted by Gasteiger charge is 2.16. The summed E-state index contributed by atoms with van der Waals surface area (Å²) >= 11 is 0. The summed E-state index contributed by atoms with van der Waals surface area (Å²) in [5.41, 5.74) is 3.55. The second-order valence-corrected chi connectivity index (χ2v) is 4.26. The Morgan fingerprint density at radius 1 is 1.53 bits per heavy atom. The van der Waals surface area contributed by atoms with Gasteiger partial charge in [0, 0.05) is 0 Å². The van der Waals surface area contributed by atoms with Crippen LogP contribution in [0.5, 0.6) is 0 Å². The Balaban J connectivity index is 2.94. The Kier molecular flexibility index (Phi) is 4.95. The number of ether oxygens (including phenoxy) is 1. The number of carbonyl (C=O) groups is 1. The van der Waals surface area contributed by atoms with Crippen LogP contribution < -0.4 is 0 Å². The summed E-state index contributed by atoms with van der Waals surface area (Å²) in [5.74, 6) is -0.397.